The number of carboxylic acid groups (broad SMARTS) is 2. The first-order valence-electron chi connectivity index (χ1n) is 7.48. The SMILES string of the molecule is CCN(CC)C(=O)[O-].CCN(CC)C(=O)[O-].CCNCC.[Cl-].[Zn+2].[Zn]. The van der Waals surface area contributed by atoms with Crippen LogP contribution in [-0.2, 0) is 39.0 Å². The van der Waals surface area contributed by atoms with E-state index < -0.39 is 12.2 Å². The number of hydrogen-bond acceptors (Lipinski definition) is 5. The summed E-state index contributed by atoms with van der Waals surface area (Å²) >= 11 is 0. The number of rotatable bonds is 6. The summed E-state index contributed by atoms with van der Waals surface area (Å²) in [6.07, 6.45) is -2.18. The monoisotopic (exact) mass is 468 g/mol. The molecule has 138 valence electrons. The predicted octanol–water partition coefficient (Wildman–Crippen LogP) is -3.04. The summed E-state index contributed by atoms with van der Waals surface area (Å²) in [5.41, 5.74) is 0. The van der Waals surface area contributed by atoms with Gasteiger partial charge < -0.3 is 47.3 Å². The van der Waals surface area contributed by atoms with E-state index >= 15 is 0 Å². The second-order valence-electron chi connectivity index (χ2n) is 3.83. The van der Waals surface area contributed by atoms with Crippen molar-refractivity contribution in [3.8, 4) is 0 Å². The molecule has 0 aliphatic heterocycles. The van der Waals surface area contributed by atoms with Crippen molar-refractivity contribution >= 4 is 12.2 Å². The second kappa shape index (κ2) is 30.9. The average molecular weight is 472 g/mol. The number of amides is 2. The van der Waals surface area contributed by atoms with Gasteiger partial charge in [0.05, 0.1) is 0 Å². The fraction of sp³-hybridized carbons (Fsp3) is 0.857. The molecule has 0 saturated carbocycles. The van der Waals surface area contributed by atoms with Gasteiger partial charge in [0.2, 0.25) is 0 Å². The first kappa shape index (κ1) is 39.2. The minimum absolute atomic E-state index is 0. The van der Waals surface area contributed by atoms with Gasteiger partial charge in [-0.05, 0) is 40.8 Å². The molecule has 0 aromatic heterocycles. The van der Waals surface area contributed by atoms with E-state index in [0.29, 0.717) is 26.2 Å². The van der Waals surface area contributed by atoms with Crippen molar-refractivity contribution in [2.45, 2.75) is 41.5 Å². The Bertz CT molecular complexity index is 234. The molecule has 0 atom stereocenters. The van der Waals surface area contributed by atoms with Crippen LogP contribution in [0.2, 0.25) is 0 Å². The Kier molecular flexibility index (Phi) is 50.4. The van der Waals surface area contributed by atoms with Gasteiger partial charge in [-0.15, -0.1) is 0 Å². The maximum atomic E-state index is 9.98. The van der Waals surface area contributed by atoms with Crippen LogP contribution in [0.15, 0.2) is 0 Å². The van der Waals surface area contributed by atoms with Gasteiger partial charge in [-0.1, -0.05) is 13.8 Å². The van der Waals surface area contributed by atoms with Gasteiger partial charge in [-0.3, -0.25) is 0 Å². The fourth-order valence-electron chi connectivity index (χ4n) is 1.21. The van der Waals surface area contributed by atoms with Crippen molar-refractivity contribution in [1.29, 1.82) is 0 Å². The zero-order valence-electron chi connectivity index (χ0n) is 16.1. The Hall–Kier alpha value is 0.0368. The van der Waals surface area contributed by atoms with E-state index in [1.54, 1.807) is 27.7 Å². The summed E-state index contributed by atoms with van der Waals surface area (Å²) in [6.45, 7) is 15.5. The molecule has 0 spiro atoms. The molecule has 2 amide bonds. The van der Waals surface area contributed by atoms with Crippen molar-refractivity contribution in [3.63, 3.8) is 0 Å². The number of nitrogens with zero attached hydrogens (tertiary/aromatic N) is 2. The van der Waals surface area contributed by atoms with E-state index in [2.05, 4.69) is 19.2 Å². The number of nitrogens with one attached hydrogen (secondary N) is 1. The molecule has 0 radical (unpaired) electrons. The molecule has 0 aromatic rings. The van der Waals surface area contributed by atoms with E-state index in [9.17, 15) is 19.8 Å². The van der Waals surface area contributed by atoms with Crippen LogP contribution in [0.25, 0.3) is 0 Å². The van der Waals surface area contributed by atoms with E-state index in [4.69, 9.17) is 0 Å². The summed E-state index contributed by atoms with van der Waals surface area (Å²) in [4.78, 5) is 22.4. The maximum Gasteiger partial charge on any atom is 2.00 e. The van der Waals surface area contributed by atoms with Crippen molar-refractivity contribution in [2.24, 2.45) is 0 Å². The zero-order chi connectivity index (χ0) is 17.3. The Morgan fingerprint density at radius 1 is 0.750 bits per heavy atom. The molecule has 0 aliphatic rings. The second-order valence-corrected chi connectivity index (χ2v) is 3.83. The maximum absolute atomic E-state index is 9.98. The van der Waals surface area contributed by atoms with Crippen molar-refractivity contribution < 1.29 is 71.2 Å². The molecule has 24 heavy (non-hydrogen) atoms. The molecule has 10 heteroatoms. The summed E-state index contributed by atoms with van der Waals surface area (Å²) in [7, 11) is 0. The van der Waals surface area contributed by atoms with Crippen molar-refractivity contribution in [2.75, 3.05) is 39.3 Å². The van der Waals surface area contributed by atoms with E-state index in [-0.39, 0.29) is 51.4 Å². The Morgan fingerprint density at radius 3 is 0.958 bits per heavy atom. The van der Waals surface area contributed by atoms with Gasteiger partial charge in [0.1, 0.15) is 12.2 Å². The Labute approximate surface area is 178 Å². The van der Waals surface area contributed by atoms with E-state index in [1.165, 1.54) is 9.80 Å². The van der Waals surface area contributed by atoms with Crippen LogP contribution in [0.1, 0.15) is 41.5 Å². The number of carbonyl (C=O) groups is 2. The van der Waals surface area contributed by atoms with Crippen LogP contribution in [0, 0.1) is 0 Å². The van der Waals surface area contributed by atoms with Crippen LogP contribution in [-0.4, -0.2) is 61.3 Å². The molecule has 0 aromatic carbocycles. The van der Waals surface area contributed by atoms with Crippen LogP contribution in [0.4, 0.5) is 9.59 Å². The first-order valence-corrected chi connectivity index (χ1v) is 7.48. The number of carbonyl (C=O) groups excluding carboxylic acids is 2. The number of hydrogen-bond donors (Lipinski definition) is 1. The third-order valence-corrected chi connectivity index (χ3v) is 2.54. The van der Waals surface area contributed by atoms with E-state index in [1.807, 2.05) is 0 Å². The van der Waals surface area contributed by atoms with E-state index in [0.717, 1.165) is 13.1 Å². The van der Waals surface area contributed by atoms with Gasteiger partial charge in [0.15, 0.2) is 0 Å². The summed E-state index contributed by atoms with van der Waals surface area (Å²) in [6, 6.07) is 0. The topological polar surface area (TPSA) is 98.8 Å². The van der Waals surface area contributed by atoms with Gasteiger partial charge in [-0.2, -0.15) is 0 Å². The smallest absolute Gasteiger partial charge is 1.00 e. The van der Waals surface area contributed by atoms with Gasteiger partial charge in [0.25, 0.3) is 0 Å². The normalized spacial score (nSPS) is 7.58. The largest absolute Gasteiger partial charge is 2.00 e. The third-order valence-electron chi connectivity index (χ3n) is 2.54. The van der Waals surface area contributed by atoms with Gasteiger partial charge in [0, 0.05) is 45.7 Å². The standard InChI is InChI=1S/2C5H11NO2.C4H11N.ClH.2Zn/c2*1-3-6(4-2)5(7)8;1-3-5-4-2;;;/h2*3-4H2,1-2H3,(H,7,8);5H,3-4H2,1-2H3;1H;;/q;;;;;+2/p-3. The van der Waals surface area contributed by atoms with Crippen LogP contribution < -0.4 is 27.9 Å². The molecule has 0 rings (SSSR count). The Balaban J connectivity index is -0.0000000488. The third kappa shape index (κ3) is 30.0. The number of halogens is 1. The molecule has 0 bridgehead atoms. The molecular formula is C14H31ClN3O4Zn2-. The van der Waals surface area contributed by atoms with Crippen LogP contribution in [0.5, 0.6) is 0 Å². The summed E-state index contributed by atoms with van der Waals surface area (Å²) < 4.78 is 0. The molecule has 0 fully saturated rings. The summed E-state index contributed by atoms with van der Waals surface area (Å²) in [5, 5.41) is 23.1. The molecule has 1 N–H and O–H groups in total. The zero-order valence-corrected chi connectivity index (χ0v) is 22.8. The average Bonchev–Trinajstić information content (AvgIpc) is 2.43. The quantitative estimate of drug-likeness (QED) is 0.415. The minimum atomic E-state index is -1.09. The molecule has 7 nitrogen and oxygen atoms in total. The van der Waals surface area contributed by atoms with Crippen molar-refractivity contribution in [1.82, 2.24) is 15.1 Å². The predicted molar refractivity (Wildman–Crippen MR) is 80.9 cm³/mol. The van der Waals surface area contributed by atoms with Crippen LogP contribution >= 0.6 is 0 Å². The Morgan fingerprint density at radius 2 is 0.958 bits per heavy atom. The van der Waals surface area contributed by atoms with Crippen molar-refractivity contribution in [3.05, 3.63) is 0 Å². The fourth-order valence-corrected chi connectivity index (χ4v) is 1.21. The summed E-state index contributed by atoms with van der Waals surface area (Å²) in [5.74, 6) is 0. The van der Waals surface area contributed by atoms with Gasteiger partial charge >= 0.3 is 19.5 Å². The van der Waals surface area contributed by atoms with Crippen LogP contribution in [0.3, 0.4) is 0 Å². The molecule has 0 unspecified atom stereocenters. The molecule has 0 saturated heterocycles. The molecular weight excluding hydrogens is 440 g/mol. The molecule has 0 heterocycles. The first-order chi connectivity index (χ1) is 9.85. The van der Waals surface area contributed by atoms with Gasteiger partial charge in [-0.25, -0.2) is 0 Å². The molecule has 0 aliphatic carbocycles. The minimum Gasteiger partial charge on any atom is -1.00 e.